The van der Waals surface area contributed by atoms with Gasteiger partial charge in [0.15, 0.2) is 0 Å². The van der Waals surface area contributed by atoms with Gasteiger partial charge in [-0.05, 0) is 27.7 Å². The molecule has 0 saturated heterocycles. The van der Waals surface area contributed by atoms with Crippen LogP contribution in [0.2, 0.25) is 0 Å². The summed E-state index contributed by atoms with van der Waals surface area (Å²) in [5.74, 6) is -0.394. The number of carbonyl (C=O) groups is 3. The SMILES string of the molecule is CC(=O)CNC(=O)CCNC(=O)OC(C)(C)C. The average molecular weight is 244 g/mol. The van der Waals surface area contributed by atoms with Crippen LogP contribution in [0.3, 0.4) is 0 Å². The normalized spacial score (nSPS) is 10.6. The summed E-state index contributed by atoms with van der Waals surface area (Å²) < 4.78 is 4.98. The molecule has 0 spiro atoms. The standard InChI is InChI=1S/C11H20N2O4/c1-8(14)7-13-9(15)5-6-12-10(16)17-11(2,3)4/h5-7H2,1-4H3,(H,12,16)(H,13,15). The number of Topliss-reactive ketones (excluding diaryl/α,β-unsaturated/α-hetero) is 1. The highest BCUT2D eigenvalue weighted by Crippen LogP contribution is 2.06. The van der Waals surface area contributed by atoms with E-state index in [9.17, 15) is 14.4 Å². The zero-order valence-corrected chi connectivity index (χ0v) is 10.8. The van der Waals surface area contributed by atoms with Crippen molar-refractivity contribution in [3.8, 4) is 0 Å². The molecule has 17 heavy (non-hydrogen) atoms. The molecule has 0 bridgehead atoms. The zero-order valence-electron chi connectivity index (χ0n) is 10.8. The van der Waals surface area contributed by atoms with Crippen molar-refractivity contribution in [2.24, 2.45) is 0 Å². The Kier molecular flexibility index (Phi) is 6.23. The lowest BCUT2D eigenvalue weighted by Gasteiger charge is -2.19. The molecule has 0 radical (unpaired) electrons. The first-order valence-electron chi connectivity index (χ1n) is 5.43. The van der Waals surface area contributed by atoms with Crippen molar-refractivity contribution in [1.29, 1.82) is 0 Å². The molecule has 0 aromatic carbocycles. The first kappa shape index (κ1) is 15.4. The van der Waals surface area contributed by atoms with Crippen LogP contribution in [-0.2, 0) is 14.3 Å². The van der Waals surface area contributed by atoms with E-state index in [2.05, 4.69) is 10.6 Å². The van der Waals surface area contributed by atoms with Crippen LogP contribution in [0.25, 0.3) is 0 Å². The number of hydrogen-bond acceptors (Lipinski definition) is 4. The van der Waals surface area contributed by atoms with Gasteiger partial charge in [0, 0.05) is 13.0 Å². The third-order valence-electron chi connectivity index (χ3n) is 1.55. The predicted octanol–water partition coefficient (Wildman–Crippen LogP) is 0.606. The van der Waals surface area contributed by atoms with Crippen molar-refractivity contribution in [2.75, 3.05) is 13.1 Å². The van der Waals surface area contributed by atoms with E-state index in [0.29, 0.717) is 0 Å². The minimum absolute atomic E-state index is 0.0191. The van der Waals surface area contributed by atoms with Gasteiger partial charge in [-0.1, -0.05) is 0 Å². The lowest BCUT2D eigenvalue weighted by molar-refractivity contribution is -0.124. The van der Waals surface area contributed by atoms with Gasteiger partial charge in [0.2, 0.25) is 5.91 Å². The van der Waals surface area contributed by atoms with Gasteiger partial charge in [-0.3, -0.25) is 9.59 Å². The molecule has 0 unspecified atom stereocenters. The zero-order chi connectivity index (χ0) is 13.5. The van der Waals surface area contributed by atoms with Gasteiger partial charge in [-0.15, -0.1) is 0 Å². The molecule has 0 atom stereocenters. The average Bonchev–Trinajstić information content (AvgIpc) is 2.11. The van der Waals surface area contributed by atoms with Crippen molar-refractivity contribution in [3.63, 3.8) is 0 Å². The quantitative estimate of drug-likeness (QED) is 0.742. The van der Waals surface area contributed by atoms with E-state index in [1.165, 1.54) is 6.92 Å². The highest BCUT2D eigenvalue weighted by atomic mass is 16.6. The summed E-state index contributed by atoms with van der Waals surface area (Å²) >= 11 is 0. The maximum atomic E-state index is 11.2. The van der Waals surface area contributed by atoms with Gasteiger partial charge in [0.1, 0.15) is 11.4 Å². The highest BCUT2D eigenvalue weighted by molar-refractivity contribution is 5.84. The Bertz CT molecular complexity index is 294. The molecule has 2 N–H and O–H groups in total. The van der Waals surface area contributed by atoms with Crippen LogP contribution in [0.15, 0.2) is 0 Å². The summed E-state index contributed by atoms with van der Waals surface area (Å²) in [6, 6.07) is 0. The summed E-state index contributed by atoms with van der Waals surface area (Å²) in [4.78, 5) is 32.9. The monoisotopic (exact) mass is 244 g/mol. The fourth-order valence-electron chi connectivity index (χ4n) is 0.904. The molecule has 0 aliphatic heterocycles. The first-order chi connectivity index (χ1) is 7.70. The van der Waals surface area contributed by atoms with E-state index in [4.69, 9.17) is 4.74 Å². The number of hydrogen-bond donors (Lipinski definition) is 2. The number of carbonyl (C=O) groups excluding carboxylic acids is 3. The molecular weight excluding hydrogens is 224 g/mol. The third-order valence-corrected chi connectivity index (χ3v) is 1.55. The summed E-state index contributed by atoms with van der Waals surface area (Å²) in [7, 11) is 0. The largest absolute Gasteiger partial charge is 0.444 e. The second kappa shape index (κ2) is 6.88. The van der Waals surface area contributed by atoms with Crippen molar-refractivity contribution in [3.05, 3.63) is 0 Å². The molecule has 0 saturated carbocycles. The van der Waals surface area contributed by atoms with Crippen LogP contribution in [0.4, 0.5) is 4.79 Å². The molecule has 2 amide bonds. The first-order valence-corrected chi connectivity index (χ1v) is 5.43. The van der Waals surface area contributed by atoms with Gasteiger partial charge >= 0.3 is 6.09 Å². The van der Waals surface area contributed by atoms with Crippen molar-refractivity contribution in [2.45, 2.75) is 39.7 Å². The van der Waals surface area contributed by atoms with Crippen LogP contribution in [0, 0.1) is 0 Å². The number of rotatable bonds is 5. The van der Waals surface area contributed by atoms with Gasteiger partial charge < -0.3 is 15.4 Å². The highest BCUT2D eigenvalue weighted by Gasteiger charge is 2.15. The van der Waals surface area contributed by atoms with Crippen molar-refractivity contribution < 1.29 is 19.1 Å². The Hall–Kier alpha value is -1.59. The number of ketones is 1. The van der Waals surface area contributed by atoms with Gasteiger partial charge in [-0.2, -0.15) is 0 Å². The Morgan fingerprint density at radius 1 is 1.12 bits per heavy atom. The lowest BCUT2D eigenvalue weighted by atomic mass is 10.2. The molecule has 0 aromatic heterocycles. The third kappa shape index (κ3) is 10.7. The number of amides is 2. The fraction of sp³-hybridized carbons (Fsp3) is 0.727. The summed E-state index contributed by atoms with van der Waals surface area (Å²) in [6.45, 7) is 6.85. The molecule has 0 aliphatic rings. The molecule has 6 heteroatoms. The Balaban J connectivity index is 3.66. The smallest absolute Gasteiger partial charge is 0.407 e. The summed E-state index contributed by atoms with van der Waals surface area (Å²) in [5.41, 5.74) is -0.555. The Morgan fingerprint density at radius 2 is 1.71 bits per heavy atom. The molecule has 98 valence electrons. The van der Waals surface area contributed by atoms with E-state index in [1.54, 1.807) is 20.8 Å². The van der Waals surface area contributed by atoms with Crippen molar-refractivity contribution >= 4 is 17.8 Å². The van der Waals surface area contributed by atoms with Gasteiger partial charge in [-0.25, -0.2) is 4.79 Å². The predicted molar refractivity (Wildman–Crippen MR) is 62.5 cm³/mol. The molecular formula is C11H20N2O4. The van der Waals surface area contributed by atoms with E-state index >= 15 is 0 Å². The summed E-state index contributed by atoms with van der Waals surface area (Å²) in [6.07, 6.45) is -0.441. The summed E-state index contributed by atoms with van der Waals surface area (Å²) in [5, 5.41) is 4.87. The Morgan fingerprint density at radius 3 is 2.18 bits per heavy atom. The second-order valence-electron chi connectivity index (χ2n) is 4.66. The van der Waals surface area contributed by atoms with Crippen LogP contribution >= 0.6 is 0 Å². The fourth-order valence-corrected chi connectivity index (χ4v) is 0.904. The van der Waals surface area contributed by atoms with Gasteiger partial charge in [0.25, 0.3) is 0 Å². The minimum Gasteiger partial charge on any atom is -0.444 e. The lowest BCUT2D eigenvalue weighted by Crippen LogP contribution is -2.36. The molecule has 0 rings (SSSR count). The van der Waals surface area contributed by atoms with E-state index in [-0.39, 0.29) is 31.2 Å². The van der Waals surface area contributed by atoms with E-state index in [1.807, 2.05) is 0 Å². The van der Waals surface area contributed by atoms with E-state index < -0.39 is 11.7 Å². The van der Waals surface area contributed by atoms with E-state index in [0.717, 1.165) is 0 Å². The molecule has 0 aromatic rings. The second-order valence-corrected chi connectivity index (χ2v) is 4.66. The number of nitrogens with one attached hydrogen (secondary N) is 2. The number of alkyl carbamates (subject to hydrolysis) is 1. The van der Waals surface area contributed by atoms with Crippen LogP contribution in [0.1, 0.15) is 34.1 Å². The van der Waals surface area contributed by atoms with Crippen molar-refractivity contribution in [1.82, 2.24) is 10.6 Å². The van der Waals surface area contributed by atoms with Crippen LogP contribution in [0.5, 0.6) is 0 Å². The Labute approximate surface area is 101 Å². The molecule has 0 heterocycles. The van der Waals surface area contributed by atoms with Crippen LogP contribution in [-0.4, -0.2) is 36.5 Å². The maximum Gasteiger partial charge on any atom is 0.407 e. The molecule has 0 fully saturated rings. The van der Waals surface area contributed by atoms with Crippen LogP contribution < -0.4 is 10.6 Å². The van der Waals surface area contributed by atoms with Gasteiger partial charge in [0.05, 0.1) is 6.54 Å². The number of ether oxygens (including phenoxy) is 1. The maximum absolute atomic E-state index is 11.2. The topological polar surface area (TPSA) is 84.5 Å². The molecule has 0 aliphatic carbocycles. The minimum atomic E-state index is -0.558. The molecule has 6 nitrogen and oxygen atoms in total.